The lowest BCUT2D eigenvalue weighted by molar-refractivity contribution is -0.138. The van der Waals surface area contributed by atoms with Gasteiger partial charge in [0, 0.05) is 51.2 Å². The molecule has 3 aromatic rings. The Morgan fingerprint density at radius 2 is 1.51 bits per heavy atom. The second-order valence-electron chi connectivity index (χ2n) is 14.4. The van der Waals surface area contributed by atoms with Gasteiger partial charge in [0.05, 0.1) is 12.6 Å². The third kappa shape index (κ3) is 13.0. The second kappa shape index (κ2) is 21.1. The maximum atomic E-state index is 14.3. The summed E-state index contributed by atoms with van der Waals surface area (Å²) in [5, 5.41) is 6.21. The van der Waals surface area contributed by atoms with E-state index in [0.29, 0.717) is 69.7 Å². The van der Waals surface area contributed by atoms with E-state index in [2.05, 4.69) is 22.8 Å². The maximum Gasteiger partial charge on any atom is 0.253 e. The van der Waals surface area contributed by atoms with Gasteiger partial charge in [0.2, 0.25) is 17.7 Å². The molecule has 1 saturated heterocycles. The summed E-state index contributed by atoms with van der Waals surface area (Å²) < 4.78 is 12.0. The Bertz CT molecular complexity index is 1600. The van der Waals surface area contributed by atoms with Crippen LogP contribution in [0, 0.1) is 0 Å². The van der Waals surface area contributed by atoms with Crippen molar-refractivity contribution in [1.82, 2.24) is 20.4 Å². The summed E-state index contributed by atoms with van der Waals surface area (Å²) in [4.78, 5) is 57.1. The van der Waals surface area contributed by atoms with Gasteiger partial charge < -0.3 is 29.9 Å². The molecule has 1 fully saturated rings. The van der Waals surface area contributed by atoms with Gasteiger partial charge in [0.1, 0.15) is 18.4 Å². The molecule has 0 aromatic heterocycles. The van der Waals surface area contributed by atoms with E-state index < -0.39 is 6.04 Å². The zero-order valence-corrected chi connectivity index (χ0v) is 31.2. The van der Waals surface area contributed by atoms with Gasteiger partial charge in [0.15, 0.2) is 0 Å². The largest absolute Gasteiger partial charge is 0.491 e. The van der Waals surface area contributed by atoms with Crippen molar-refractivity contribution in [2.45, 2.75) is 102 Å². The van der Waals surface area contributed by atoms with Crippen LogP contribution in [0.3, 0.4) is 0 Å². The molecule has 2 N–H and O–H groups in total. The van der Waals surface area contributed by atoms with Gasteiger partial charge in [-0.05, 0) is 80.7 Å². The molecule has 0 saturated carbocycles. The minimum atomic E-state index is -0.739. The fourth-order valence-electron chi connectivity index (χ4n) is 7.11. The number of benzene rings is 3. The van der Waals surface area contributed by atoms with Gasteiger partial charge in [0.25, 0.3) is 5.91 Å². The molecule has 5 rings (SSSR count). The van der Waals surface area contributed by atoms with Crippen molar-refractivity contribution in [2.75, 3.05) is 33.4 Å². The Morgan fingerprint density at radius 1 is 0.811 bits per heavy atom. The number of amides is 4. The highest BCUT2D eigenvalue weighted by Gasteiger charge is 2.39. The van der Waals surface area contributed by atoms with Crippen molar-refractivity contribution < 1.29 is 28.7 Å². The zero-order valence-electron chi connectivity index (χ0n) is 31.2. The number of nitrogens with one attached hydrogen (secondary N) is 2. The highest BCUT2D eigenvalue weighted by Crippen LogP contribution is 2.24. The lowest BCUT2D eigenvalue weighted by atomic mass is 10.1. The van der Waals surface area contributed by atoms with Crippen LogP contribution in [0.5, 0.6) is 5.75 Å². The van der Waals surface area contributed by atoms with Crippen molar-refractivity contribution in [2.24, 2.45) is 0 Å². The Morgan fingerprint density at radius 3 is 2.26 bits per heavy atom. The molecule has 2 aliphatic heterocycles. The summed E-state index contributed by atoms with van der Waals surface area (Å²) in [5.41, 5.74) is 2.97. The van der Waals surface area contributed by atoms with Crippen molar-refractivity contribution in [3.8, 4) is 5.75 Å². The van der Waals surface area contributed by atoms with Crippen LogP contribution in [0.1, 0.15) is 92.1 Å². The number of rotatable bonds is 16. The first-order valence-electron chi connectivity index (χ1n) is 19.4. The summed E-state index contributed by atoms with van der Waals surface area (Å²) in [7, 11) is 1.75. The lowest BCUT2D eigenvalue weighted by Gasteiger charge is -2.30. The molecule has 0 aliphatic carbocycles. The van der Waals surface area contributed by atoms with Gasteiger partial charge in [-0.2, -0.15) is 0 Å². The van der Waals surface area contributed by atoms with Crippen LogP contribution in [-0.4, -0.2) is 84.9 Å². The molecule has 0 unspecified atom stereocenters. The molecule has 3 atom stereocenters. The summed E-state index contributed by atoms with van der Waals surface area (Å²) in [5.74, 6) is 0.0615. The van der Waals surface area contributed by atoms with E-state index in [4.69, 9.17) is 9.47 Å². The molecule has 2 bridgehead atoms. The van der Waals surface area contributed by atoms with Gasteiger partial charge in [-0.1, -0.05) is 79.6 Å². The van der Waals surface area contributed by atoms with Gasteiger partial charge in [-0.3, -0.25) is 19.2 Å². The van der Waals surface area contributed by atoms with E-state index in [0.717, 1.165) is 50.5 Å². The minimum absolute atomic E-state index is 0.0357. The quantitative estimate of drug-likeness (QED) is 0.173. The van der Waals surface area contributed by atoms with E-state index in [-0.39, 0.29) is 42.3 Å². The van der Waals surface area contributed by atoms with Crippen molar-refractivity contribution in [1.29, 1.82) is 0 Å². The number of carbonyl (C=O) groups is 4. The van der Waals surface area contributed by atoms with Crippen molar-refractivity contribution >= 4 is 23.6 Å². The number of ether oxygens (including phenoxy) is 2. The third-order valence-electron chi connectivity index (χ3n) is 10.1. The summed E-state index contributed by atoms with van der Waals surface area (Å²) >= 11 is 0. The molecule has 0 spiro atoms. The number of hydrogen-bond donors (Lipinski definition) is 2. The predicted octanol–water partition coefficient (Wildman–Crippen LogP) is 6.08. The lowest BCUT2D eigenvalue weighted by Crippen LogP contribution is -2.52. The first-order valence-corrected chi connectivity index (χ1v) is 19.4. The van der Waals surface area contributed by atoms with E-state index in [1.54, 1.807) is 41.1 Å². The molecule has 284 valence electrons. The highest BCUT2D eigenvalue weighted by atomic mass is 16.5. The summed E-state index contributed by atoms with van der Waals surface area (Å²) in [6.45, 7) is 2.22. The summed E-state index contributed by atoms with van der Waals surface area (Å²) in [6, 6.07) is 26.2. The Hall–Kier alpha value is -4.70. The molecule has 4 amide bonds. The number of hydrogen-bond acceptors (Lipinski definition) is 6. The smallest absolute Gasteiger partial charge is 0.253 e. The predicted molar refractivity (Wildman–Crippen MR) is 205 cm³/mol. The molecule has 3 aromatic carbocycles. The van der Waals surface area contributed by atoms with Gasteiger partial charge >= 0.3 is 0 Å². The van der Waals surface area contributed by atoms with Gasteiger partial charge in [-0.15, -0.1) is 0 Å². The highest BCUT2D eigenvalue weighted by molar-refractivity contribution is 5.94. The average molecular weight is 725 g/mol. The first-order chi connectivity index (χ1) is 25.9. The number of nitrogens with zero attached hydrogens (tertiary/aromatic N) is 2. The van der Waals surface area contributed by atoms with Gasteiger partial charge in [-0.25, -0.2) is 0 Å². The molecule has 2 heterocycles. The maximum absolute atomic E-state index is 14.3. The fourth-order valence-corrected chi connectivity index (χ4v) is 7.11. The van der Waals surface area contributed by atoms with E-state index in [1.165, 1.54) is 5.56 Å². The molecule has 10 heteroatoms. The molecular formula is C43H56N4O6. The normalized spacial score (nSPS) is 19.2. The van der Waals surface area contributed by atoms with E-state index >= 15 is 0 Å². The molecule has 10 nitrogen and oxygen atoms in total. The minimum Gasteiger partial charge on any atom is -0.491 e. The molecule has 53 heavy (non-hydrogen) atoms. The zero-order chi connectivity index (χ0) is 37.3. The molecule has 0 radical (unpaired) electrons. The van der Waals surface area contributed by atoms with E-state index in [1.807, 2.05) is 48.5 Å². The number of carbonyl (C=O) groups excluding carboxylic acids is 4. The van der Waals surface area contributed by atoms with Crippen LogP contribution in [-0.2, 0) is 32.1 Å². The summed E-state index contributed by atoms with van der Waals surface area (Å²) in [6.07, 6.45) is 8.38. The van der Waals surface area contributed by atoms with Crippen LogP contribution in [0.4, 0.5) is 0 Å². The molecular weight excluding hydrogens is 668 g/mol. The monoisotopic (exact) mass is 724 g/mol. The van der Waals surface area contributed by atoms with Crippen LogP contribution in [0.15, 0.2) is 84.9 Å². The first kappa shape index (κ1) is 39.5. The molecule has 2 aliphatic rings. The third-order valence-corrected chi connectivity index (χ3v) is 10.1. The average Bonchev–Trinajstić information content (AvgIpc) is 3.58. The fraction of sp³-hybridized carbons (Fsp3) is 0.488. The Balaban J connectivity index is 1.15. The second-order valence-corrected chi connectivity index (χ2v) is 14.4. The Labute approximate surface area is 314 Å². The van der Waals surface area contributed by atoms with Crippen LogP contribution in [0.25, 0.3) is 0 Å². The number of fused-ring (bicyclic) bond motifs is 3. The van der Waals surface area contributed by atoms with E-state index in [9.17, 15) is 19.2 Å². The SMILES string of the molecule is CN1CCC[C@H](NC(=O)CCCCCc2ccccc2)C(=O)N2C[C@@H](NC(=O)CCCCCOCc3ccccc3)C[C@H]2COc2cccc(c2)C1=O. The Kier molecular flexibility index (Phi) is 15.7. The number of unbranched alkanes of at least 4 members (excludes halogenated alkanes) is 4. The van der Waals surface area contributed by atoms with Crippen molar-refractivity contribution in [3.05, 3.63) is 102 Å². The van der Waals surface area contributed by atoms with Crippen LogP contribution >= 0.6 is 0 Å². The topological polar surface area (TPSA) is 117 Å². The van der Waals surface area contributed by atoms with Crippen LogP contribution < -0.4 is 15.4 Å². The van der Waals surface area contributed by atoms with Crippen LogP contribution in [0.2, 0.25) is 0 Å². The number of aryl methyl sites for hydroxylation is 1. The standard InChI is InChI=1S/C43H56N4O6/c1-46-26-15-23-39(45-41(49)25-11-4-8-18-33-16-6-2-7-17-33)43(51)47-30-36(29-37(47)32-53-38-22-14-21-35(28-38)42(46)50)44-40(48)24-12-5-13-27-52-31-34-19-9-3-10-20-34/h2-3,6-7,9-10,14,16-17,19-22,28,36-37,39H,4-5,8,11-13,15,18,23-27,29-32H2,1H3,(H,44,48)(H,45,49)/t36-,37-,39-/m0/s1. The van der Waals surface area contributed by atoms with Crippen molar-refractivity contribution in [3.63, 3.8) is 0 Å².